The van der Waals surface area contributed by atoms with E-state index in [0.29, 0.717) is 12.9 Å². The molecule has 0 unspecified atom stereocenters. The smallest absolute Gasteiger partial charge is 0.261 e. The minimum absolute atomic E-state index is 0.321. The van der Waals surface area contributed by atoms with E-state index >= 15 is 0 Å². The van der Waals surface area contributed by atoms with Gasteiger partial charge in [-0.3, -0.25) is 4.55 Å². The first-order valence-electron chi connectivity index (χ1n) is 4.47. The quantitative estimate of drug-likeness (QED) is 0.523. The van der Waals surface area contributed by atoms with Gasteiger partial charge < -0.3 is 9.59 Å². The normalized spacial score (nSPS) is 11.9. The Kier molecular flexibility index (Phi) is 8.33. The van der Waals surface area contributed by atoms with E-state index in [2.05, 4.69) is 21.0 Å². The second-order valence-corrected chi connectivity index (χ2v) is 5.25. The van der Waals surface area contributed by atoms with Crippen LogP contribution in [0, 0.1) is 0 Å². The van der Waals surface area contributed by atoms with Crippen molar-refractivity contribution in [2.75, 3.05) is 40.0 Å². The van der Waals surface area contributed by atoms with Gasteiger partial charge in [-0.1, -0.05) is 0 Å². The molecule has 0 aromatic rings. The van der Waals surface area contributed by atoms with Crippen molar-refractivity contribution in [2.45, 2.75) is 13.3 Å². The van der Waals surface area contributed by atoms with E-state index < -0.39 is 10.1 Å². The second kappa shape index (κ2) is 7.17. The molecule has 0 rings (SSSR count). The predicted octanol–water partition coefficient (Wildman–Crippen LogP) is -0.0309. The van der Waals surface area contributed by atoms with Gasteiger partial charge in [0.05, 0.1) is 33.4 Å². The van der Waals surface area contributed by atoms with Crippen LogP contribution in [-0.2, 0) is 10.1 Å². The van der Waals surface area contributed by atoms with E-state index in [-0.39, 0.29) is 0 Å². The van der Waals surface area contributed by atoms with Gasteiger partial charge in [-0.05, 0) is 6.92 Å². The molecule has 0 spiro atoms. The fraction of sp³-hybridized carbons (Fsp3) is 1.00. The highest BCUT2D eigenvalue weighted by molar-refractivity contribution is 7.85. The number of aliphatic hydroxyl groups is 1. The van der Waals surface area contributed by atoms with E-state index in [9.17, 15) is 8.42 Å². The SMILES string of the molecule is CC[N+](C)(C)CCCO.CS(=O)(=O)O. The molecule has 0 radical (unpaired) electrons. The molecule has 0 aliphatic carbocycles. The Morgan fingerprint density at radius 1 is 1.29 bits per heavy atom. The van der Waals surface area contributed by atoms with Crippen molar-refractivity contribution in [3.63, 3.8) is 0 Å². The van der Waals surface area contributed by atoms with E-state index in [0.717, 1.165) is 24.0 Å². The summed E-state index contributed by atoms with van der Waals surface area (Å²) < 4.78 is 26.9. The molecule has 14 heavy (non-hydrogen) atoms. The van der Waals surface area contributed by atoms with Crippen LogP contribution in [0.25, 0.3) is 0 Å². The molecule has 0 atom stereocenters. The van der Waals surface area contributed by atoms with Crippen LogP contribution in [0.3, 0.4) is 0 Å². The Bertz CT molecular complexity index is 215. The second-order valence-electron chi connectivity index (χ2n) is 3.79. The molecular formula is C8H22NO4S+. The van der Waals surface area contributed by atoms with Gasteiger partial charge >= 0.3 is 0 Å². The van der Waals surface area contributed by atoms with Gasteiger partial charge in [0.15, 0.2) is 0 Å². The molecule has 0 fully saturated rings. The summed E-state index contributed by atoms with van der Waals surface area (Å²) in [6.07, 6.45) is 1.63. The first kappa shape index (κ1) is 16.3. The zero-order chi connectivity index (χ0) is 11.8. The predicted molar refractivity (Wildman–Crippen MR) is 56.7 cm³/mol. The Hall–Kier alpha value is -0.170. The van der Waals surface area contributed by atoms with Crippen molar-refractivity contribution in [3.8, 4) is 0 Å². The van der Waals surface area contributed by atoms with Crippen LogP contribution in [0.15, 0.2) is 0 Å². The summed E-state index contributed by atoms with van der Waals surface area (Å²) in [5.41, 5.74) is 0. The zero-order valence-electron chi connectivity index (χ0n) is 9.39. The van der Waals surface area contributed by atoms with Crippen molar-refractivity contribution in [2.24, 2.45) is 0 Å². The minimum atomic E-state index is -3.67. The summed E-state index contributed by atoms with van der Waals surface area (Å²) in [5.74, 6) is 0. The lowest BCUT2D eigenvalue weighted by Crippen LogP contribution is -2.40. The standard InChI is InChI=1S/C7H18NO.CH4O3S/c1-4-8(2,3)6-5-7-9;1-5(2,3)4/h9H,4-7H2,1-3H3;1H3,(H,2,3,4)/q+1;. The van der Waals surface area contributed by atoms with Gasteiger partial charge in [0.2, 0.25) is 0 Å². The van der Waals surface area contributed by atoms with E-state index in [4.69, 9.17) is 9.66 Å². The van der Waals surface area contributed by atoms with Crippen LogP contribution in [0.4, 0.5) is 0 Å². The number of rotatable bonds is 4. The number of hydrogen-bond donors (Lipinski definition) is 2. The third kappa shape index (κ3) is 22.6. The Labute approximate surface area is 86.7 Å². The summed E-state index contributed by atoms with van der Waals surface area (Å²) >= 11 is 0. The van der Waals surface area contributed by atoms with Crippen LogP contribution in [-0.4, -0.2) is 62.6 Å². The average molecular weight is 228 g/mol. The lowest BCUT2D eigenvalue weighted by Gasteiger charge is -2.27. The van der Waals surface area contributed by atoms with Crippen molar-refractivity contribution >= 4 is 10.1 Å². The molecule has 0 saturated carbocycles. The highest BCUT2D eigenvalue weighted by Crippen LogP contribution is 1.96. The minimum Gasteiger partial charge on any atom is -0.396 e. The molecular weight excluding hydrogens is 206 g/mol. The van der Waals surface area contributed by atoms with Gasteiger partial charge in [-0.2, -0.15) is 8.42 Å². The summed E-state index contributed by atoms with van der Waals surface area (Å²) in [4.78, 5) is 0. The highest BCUT2D eigenvalue weighted by atomic mass is 32.2. The van der Waals surface area contributed by atoms with Crippen molar-refractivity contribution in [3.05, 3.63) is 0 Å². The maximum atomic E-state index is 9.19. The molecule has 0 amide bonds. The third-order valence-electron chi connectivity index (χ3n) is 1.78. The van der Waals surface area contributed by atoms with Crippen LogP contribution >= 0.6 is 0 Å². The van der Waals surface area contributed by atoms with Crippen molar-refractivity contribution < 1.29 is 22.6 Å². The van der Waals surface area contributed by atoms with E-state index in [1.165, 1.54) is 0 Å². The molecule has 0 heterocycles. The summed E-state index contributed by atoms with van der Waals surface area (Å²) in [7, 11) is 0.686. The first-order chi connectivity index (χ1) is 6.12. The molecule has 2 N–H and O–H groups in total. The maximum Gasteiger partial charge on any atom is 0.261 e. The average Bonchev–Trinajstić information content (AvgIpc) is 1.98. The Morgan fingerprint density at radius 2 is 1.64 bits per heavy atom. The van der Waals surface area contributed by atoms with Gasteiger partial charge in [0.25, 0.3) is 10.1 Å². The van der Waals surface area contributed by atoms with Gasteiger partial charge in [0.1, 0.15) is 0 Å². The Morgan fingerprint density at radius 3 is 1.86 bits per heavy atom. The largest absolute Gasteiger partial charge is 0.396 e. The van der Waals surface area contributed by atoms with Gasteiger partial charge in [0, 0.05) is 13.0 Å². The number of aliphatic hydroxyl groups excluding tert-OH is 1. The Balaban J connectivity index is 0. The summed E-state index contributed by atoms with van der Waals surface area (Å²) in [6.45, 7) is 4.70. The zero-order valence-corrected chi connectivity index (χ0v) is 10.2. The highest BCUT2D eigenvalue weighted by Gasteiger charge is 2.09. The molecule has 6 heteroatoms. The lowest BCUT2D eigenvalue weighted by molar-refractivity contribution is -0.888. The first-order valence-corrected chi connectivity index (χ1v) is 6.32. The molecule has 0 aliphatic heterocycles. The topological polar surface area (TPSA) is 74.6 Å². The van der Waals surface area contributed by atoms with Crippen LogP contribution in [0.1, 0.15) is 13.3 Å². The number of quaternary nitrogens is 1. The number of hydrogen-bond acceptors (Lipinski definition) is 3. The van der Waals surface area contributed by atoms with E-state index in [1.54, 1.807) is 0 Å². The van der Waals surface area contributed by atoms with Gasteiger partial charge in [-0.25, -0.2) is 0 Å². The van der Waals surface area contributed by atoms with Crippen LogP contribution in [0.2, 0.25) is 0 Å². The third-order valence-corrected chi connectivity index (χ3v) is 1.78. The summed E-state index contributed by atoms with van der Waals surface area (Å²) in [6, 6.07) is 0. The molecule has 0 aromatic heterocycles. The molecule has 5 nitrogen and oxygen atoms in total. The van der Waals surface area contributed by atoms with Gasteiger partial charge in [-0.15, -0.1) is 0 Å². The monoisotopic (exact) mass is 228 g/mol. The summed E-state index contributed by atoms with van der Waals surface area (Å²) in [5, 5.41) is 8.52. The molecule has 0 bridgehead atoms. The van der Waals surface area contributed by atoms with Crippen molar-refractivity contribution in [1.82, 2.24) is 0 Å². The fourth-order valence-corrected chi connectivity index (χ4v) is 0.657. The van der Waals surface area contributed by atoms with Crippen LogP contribution < -0.4 is 0 Å². The fourth-order valence-electron chi connectivity index (χ4n) is 0.657. The maximum absolute atomic E-state index is 9.19. The molecule has 0 aliphatic rings. The molecule has 0 saturated heterocycles. The van der Waals surface area contributed by atoms with Crippen LogP contribution in [0.5, 0.6) is 0 Å². The molecule has 88 valence electrons. The molecule has 0 aromatic carbocycles. The van der Waals surface area contributed by atoms with E-state index in [1.807, 2.05) is 0 Å². The number of nitrogens with zero attached hydrogens (tertiary/aromatic N) is 1. The lowest BCUT2D eigenvalue weighted by atomic mass is 10.3. The van der Waals surface area contributed by atoms with Crippen molar-refractivity contribution in [1.29, 1.82) is 0 Å².